The number of benzene rings is 3. The Morgan fingerprint density at radius 1 is 0.286 bits per heavy atom. The van der Waals surface area contributed by atoms with E-state index in [1.807, 2.05) is 0 Å². The van der Waals surface area contributed by atoms with Crippen LogP contribution in [0.1, 0.15) is 5.69 Å². The zero-order valence-corrected chi connectivity index (χ0v) is 26.6. The van der Waals surface area contributed by atoms with Gasteiger partial charge in [0.25, 0.3) is 0 Å². The number of nitrogens with one attached hydrogen (secondary N) is 3. The first kappa shape index (κ1) is 36.3. The highest BCUT2D eigenvalue weighted by atomic mass is 19.2. The van der Waals surface area contributed by atoms with Crippen molar-refractivity contribution in [3.63, 3.8) is 0 Å². The lowest BCUT2D eigenvalue weighted by Crippen LogP contribution is -2.05. The van der Waals surface area contributed by atoms with E-state index >= 15 is 26.3 Å². The first-order valence-corrected chi connectivity index (χ1v) is 15.3. The molecule has 5 heterocycles. The molecule has 0 amide bonds. The van der Waals surface area contributed by atoms with Gasteiger partial charge in [-0.2, -0.15) is 0 Å². The van der Waals surface area contributed by atoms with E-state index in [1.54, 1.807) is 0 Å². The van der Waals surface area contributed by atoms with Crippen LogP contribution in [0.5, 0.6) is 0 Å². The van der Waals surface area contributed by atoms with Crippen molar-refractivity contribution in [1.29, 1.82) is 0 Å². The fraction of sp³-hybridized carbons (Fsp3) is 0. The Hall–Kier alpha value is -6.73. The van der Waals surface area contributed by atoms with E-state index in [0.717, 1.165) is 42.6 Å². The first-order chi connectivity index (χ1) is 26.5. The van der Waals surface area contributed by atoms with Crippen LogP contribution < -0.4 is 0 Å². The molecule has 5 nitrogen and oxygen atoms in total. The summed E-state index contributed by atoms with van der Waals surface area (Å²) >= 11 is 0. The molecule has 0 saturated heterocycles. The smallest absolute Gasteiger partial charge is 0.200 e. The Morgan fingerprint density at radius 3 is 0.875 bits per heavy atom. The molecular weight excluding hydrogens is 787 g/mol. The molecule has 0 saturated carbocycles. The van der Waals surface area contributed by atoms with Crippen molar-refractivity contribution in [3.05, 3.63) is 129 Å². The highest BCUT2D eigenvalue weighted by Crippen LogP contribution is 2.42. The predicted octanol–water partition coefficient (Wildman–Crippen LogP) is 11.4. The van der Waals surface area contributed by atoms with Crippen molar-refractivity contribution in [2.45, 2.75) is 0 Å². The molecule has 3 aromatic carbocycles. The number of nitrogens with zero attached hydrogens (tertiary/aromatic N) is 2. The van der Waals surface area contributed by atoms with Gasteiger partial charge in [0.15, 0.2) is 75.6 Å². The Kier molecular flexibility index (Phi) is 8.20. The third-order valence-corrected chi connectivity index (χ3v) is 8.82. The zero-order valence-electron chi connectivity index (χ0n) is 26.6. The molecule has 0 atom stereocenters. The second-order valence-electron chi connectivity index (χ2n) is 11.9. The maximum absolute atomic E-state index is 15.6. The lowest BCUT2D eigenvalue weighted by molar-refractivity contribution is 0.381. The number of hydrogen-bond acceptors (Lipinski definition) is 2. The maximum Gasteiger partial charge on any atom is 0.200 e. The van der Waals surface area contributed by atoms with Crippen LogP contribution in [0.15, 0.2) is 41.4 Å². The SMILES string of the molecule is Fc1c(F)c(F)c(-c2c3nc(c4ccc([nH]4)c(-c4c(F)c(F)c(F)c(F)c4F)c4ccc([nH]4)c(-c4c(F)c(F)c(F)c(F)c4F)c4ccc2[nH]4)N=C3)c(F)c1F. The van der Waals surface area contributed by atoms with Gasteiger partial charge in [0.2, 0.25) is 17.5 Å². The highest BCUT2D eigenvalue weighted by molar-refractivity contribution is 6.02. The molecule has 4 aromatic heterocycles. The molecule has 284 valence electrons. The van der Waals surface area contributed by atoms with E-state index in [4.69, 9.17) is 0 Å². The van der Waals surface area contributed by atoms with Gasteiger partial charge in [-0.05, 0) is 36.4 Å². The van der Waals surface area contributed by atoms with Gasteiger partial charge in [-0.3, -0.25) is 0 Å². The Bertz CT molecular complexity index is 2960. The molecule has 0 fully saturated rings. The number of aromatic amines is 3. The number of aromatic nitrogens is 4. The molecule has 56 heavy (non-hydrogen) atoms. The quantitative estimate of drug-likeness (QED) is 0.0930. The van der Waals surface area contributed by atoms with E-state index in [9.17, 15) is 39.5 Å². The summed E-state index contributed by atoms with van der Waals surface area (Å²) in [6.07, 6.45) is 0.759. The molecule has 1 aliphatic heterocycles. The van der Waals surface area contributed by atoms with E-state index in [0.29, 0.717) is 0 Å². The molecule has 1 aliphatic rings. The number of rotatable bonds is 3. The lowest BCUT2D eigenvalue weighted by atomic mass is 10.0. The summed E-state index contributed by atoms with van der Waals surface area (Å²) < 4.78 is 223. The van der Waals surface area contributed by atoms with Crippen LogP contribution in [-0.4, -0.2) is 26.2 Å². The van der Waals surface area contributed by atoms with Gasteiger partial charge in [-0.25, -0.2) is 75.8 Å². The summed E-state index contributed by atoms with van der Waals surface area (Å²) in [5, 5.41) is 0. The average Bonchev–Trinajstić information content (AvgIpc) is 4.03. The largest absolute Gasteiger partial charge is 0.354 e. The van der Waals surface area contributed by atoms with Gasteiger partial charge >= 0.3 is 0 Å². The van der Waals surface area contributed by atoms with Crippen molar-refractivity contribution in [2.24, 2.45) is 4.99 Å². The summed E-state index contributed by atoms with van der Waals surface area (Å²) in [4.78, 5) is 15.4. The van der Waals surface area contributed by atoms with Gasteiger partial charge in [0.05, 0.1) is 34.1 Å². The Balaban J connectivity index is 1.65. The van der Waals surface area contributed by atoms with E-state index in [-0.39, 0.29) is 5.52 Å². The molecule has 0 unspecified atom stereocenters. The standard InChI is InChI=1S/C36H10F15N5/c37-21-18(22(38)28(44)33(49)27(21)43)15-8-1-2-10(53-8)16(19-23(39)29(45)34(50)30(46)24(19)40)11-5-6-13(55-11)36-52-7-14(56-36)17(12-4-3-9(15)54-12)20-25(41)31(47)35(51)32(48)26(20)42/h1-7,53-55H. The summed E-state index contributed by atoms with van der Waals surface area (Å²) in [7, 11) is 0. The second-order valence-corrected chi connectivity index (χ2v) is 11.9. The Labute approximate surface area is 298 Å². The van der Waals surface area contributed by atoms with Crippen LogP contribution in [-0.2, 0) is 0 Å². The summed E-state index contributed by atoms with van der Waals surface area (Å²) in [5.74, 6) is -37.1. The van der Waals surface area contributed by atoms with Crippen LogP contribution in [0, 0.1) is 87.3 Å². The first-order valence-electron chi connectivity index (χ1n) is 15.3. The molecule has 8 bridgehead atoms. The number of fused-ring (bicyclic) bond motifs is 9. The van der Waals surface area contributed by atoms with E-state index < -0.39 is 160 Å². The zero-order chi connectivity index (χ0) is 40.2. The minimum Gasteiger partial charge on any atom is -0.354 e. The summed E-state index contributed by atoms with van der Waals surface area (Å²) in [6, 6.07) is 5.47. The third kappa shape index (κ3) is 5.07. The normalized spacial score (nSPS) is 12.1. The molecule has 0 radical (unpaired) electrons. The van der Waals surface area contributed by atoms with Crippen molar-refractivity contribution in [3.8, 4) is 33.4 Å². The lowest BCUT2D eigenvalue weighted by Gasteiger charge is -2.10. The van der Waals surface area contributed by atoms with Gasteiger partial charge in [-0.1, -0.05) is 0 Å². The van der Waals surface area contributed by atoms with Gasteiger partial charge in [-0.15, -0.1) is 0 Å². The van der Waals surface area contributed by atoms with Gasteiger partial charge in [0, 0.05) is 44.3 Å². The number of hydrogen-bond donors (Lipinski definition) is 3. The molecule has 20 heteroatoms. The predicted molar refractivity (Wildman–Crippen MR) is 169 cm³/mol. The topological polar surface area (TPSA) is 72.6 Å². The van der Waals surface area contributed by atoms with E-state index in [2.05, 4.69) is 24.9 Å². The fourth-order valence-corrected chi connectivity index (χ4v) is 6.29. The van der Waals surface area contributed by atoms with Crippen molar-refractivity contribution in [1.82, 2.24) is 19.9 Å². The molecule has 0 aliphatic carbocycles. The summed E-state index contributed by atoms with van der Waals surface area (Å²) in [5.41, 5.74) is -11.7. The van der Waals surface area contributed by atoms with Crippen LogP contribution in [0.4, 0.5) is 71.7 Å². The van der Waals surface area contributed by atoms with Crippen molar-refractivity contribution < 1.29 is 65.9 Å². The minimum absolute atomic E-state index is 0.230. The number of aliphatic imine (C=N–C) groups is 1. The Morgan fingerprint density at radius 2 is 0.536 bits per heavy atom. The number of halogens is 15. The van der Waals surface area contributed by atoms with E-state index in [1.165, 1.54) is 0 Å². The molecule has 8 rings (SSSR count). The molecular formula is C36H10F15N5. The second kappa shape index (κ2) is 12.7. The monoisotopic (exact) mass is 797 g/mol. The van der Waals surface area contributed by atoms with Gasteiger partial charge < -0.3 is 15.0 Å². The van der Waals surface area contributed by atoms with Crippen LogP contribution >= 0.6 is 0 Å². The van der Waals surface area contributed by atoms with Crippen LogP contribution in [0.25, 0.3) is 66.5 Å². The molecule has 7 aromatic rings. The summed E-state index contributed by atoms with van der Waals surface area (Å²) in [6.45, 7) is 0. The third-order valence-electron chi connectivity index (χ3n) is 8.82. The average molecular weight is 797 g/mol. The highest BCUT2D eigenvalue weighted by Gasteiger charge is 2.32. The molecule has 3 N–H and O–H groups in total. The fourth-order valence-electron chi connectivity index (χ4n) is 6.29. The van der Waals surface area contributed by atoms with Gasteiger partial charge in [0.1, 0.15) is 0 Å². The van der Waals surface area contributed by atoms with Crippen molar-refractivity contribution in [2.75, 3.05) is 0 Å². The molecule has 0 spiro atoms. The van der Waals surface area contributed by atoms with Crippen molar-refractivity contribution >= 4 is 45.1 Å². The number of H-pyrrole nitrogens is 3. The maximum atomic E-state index is 15.6. The minimum atomic E-state index is -2.60. The van der Waals surface area contributed by atoms with Crippen LogP contribution in [0.3, 0.4) is 0 Å². The van der Waals surface area contributed by atoms with Crippen LogP contribution in [0.2, 0.25) is 0 Å².